The molecule has 172 valence electrons. The standard InChI is InChI=1S/C26H38N2O2.ClH/c1-3-4-5-6-10-18-30-23-15-16-25(29-2)22(19-23)20-28-24-14-11-17-27-26(24)21-12-8-7-9-13-21;/h7-9,12-13,15-16,19,24,26-28H,3-6,10-11,14,17-18,20H2,1-2H3;1H/t24-,26-;/m0./s1. The second-order valence-electron chi connectivity index (χ2n) is 8.21. The summed E-state index contributed by atoms with van der Waals surface area (Å²) in [5.74, 6) is 1.85. The summed E-state index contributed by atoms with van der Waals surface area (Å²) in [6, 6.07) is 17.7. The van der Waals surface area contributed by atoms with Gasteiger partial charge in [0.1, 0.15) is 11.5 Å². The third-order valence-corrected chi connectivity index (χ3v) is 5.94. The van der Waals surface area contributed by atoms with E-state index in [-0.39, 0.29) is 12.4 Å². The first-order chi connectivity index (χ1) is 14.8. The van der Waals surface area contributed by atoms with E-state index in [9.17, 15) is 0 Å². The van der Waals surface area contributed by atoms with Crippen LogP contribution in [0.25, 0.3) is 0 Å². The Kier molecular flexibility index (Phi) is 11.8. The van der Waals surface area contributed by atoms with Gasteiger partial charge in [0, 0.05) is 24.2 Å². The van der Waals surface area contributed by atoms with Crippen molar-refractivity contribution in [2.75, 3.05) is 20.3 Å². The number of nitrogens with one attached hydrogen (secondary N) is 2. The molecule has 2 aromatic carbocycles. The quantitative estimate of drug-likeness (QED) is 0.389. The Bertz CT molecular complexity index is 741. The Balaban J connectivity index is 0.00000341. The Morgan fingerprint density at radius 1 is 1.03 bits per heavy atom. The second-order valence-corrected chi connectivity index (χ2v) is 8.21. The topological polar surface area (TPSA) is 42.5 Å². The van der Waals surface area contributed by atoms with Gasteiger partial charge in [-0.25, -0.2) is 0 Å². The van der Waals surface area contributed by atoms with Gasteiger partial charge in [-0.05, 0) is 49.6 Å². The summed E-state index contributed by atoms with van der Waals surface area (Å²) >= 11 is 0. The zero-order valence-electron chi connectivity index (χ0n) is 19.1. The van der Waals surface area contributed by atoms with Crippen molar-refractivity contribution in [2.45, 2.75) is 70.5 Å². The van der Waals surface area contributed by atoms with Crippen LogP contribution in [0.3, 0.4) is 0 Å². The van der Waals surface area contributed by atoms with Crippen LogP contribution in [0.5, 0.6) is 11.5 Å². The fourth-order valence-electron chi connectivity index (χ4n) is 4.24. The van der Waals surface area contributed by atoms with Gasteiger partial charge in [0.25, 0.3) is 0 Å². The van der Waals surface area contributed by atoms with Crippen LogP contribution >= 0.6 is 12.4 Å². The van der Waals surface area contributed by atoms with Crippen molar-refractivity contribution in [3.8, 4) is 11.5 Å². The summed E-state index contributed by atoms with van der Waals surface area (Å²) in [5, 5.41) is 7.47. The molecule has 1 aliphatic heterocycles. The molecule has 0 aliphatic carbocycles. The lowest BCUT2D eigenvalue weighted by Crippen LogP contribution is -2.45. The van der Waals surface area contributed by atoms with E-state index in [1.807, 2.05) is 12.1 Å². The predicted molar refractivity (Wildman–Crippen MR) is 132 cm³/mol. The normalized spacial score (nSPS) is 18.3. The van der Waals surface area contributed by atoms with Gasteiger partial charge in [-0.2, -0.15) is 0 Å². The molecule has 0 saturated carbocycles. The average Bonchev–Trinajstić information content (AvgIpc) is 2.81. The number of rotatable bonds is 12. The molecule has 0 spiro atoms. The predicted octanol–water partition coefficient (Wildman–Crippen LogP) is 6.05. The minimum atomic E-state index is 0. The maximum atomic E-state index is 6.01. The molecule has 1 heterocycles. The second kappa shape index (κ2) is 14.3. The Labute approximate surface area is 194 Å². The molecule has 2 aromatic rings. The molecule has 0 unspecified atom stereocenters. The van der Waals surface area contributed by atoms with Gasteiger partial charge < -0.3 is 20.1 Å². The fourth-order valence-corrected chi connectivity index (χ4v) is 4.24. The highest BCUT2D eigenvalue weighted by atomic mass is 35.5. The van der Waals surface area contributed by atoms with Crippen molar-refractivity contribution in [3.05, 3.63) is 59.7 Å². The Morgan fingerprint density at radius 2 is 1.84 bits per heavy atom. The van der Waals surface area contributed by atoms with Crippen LogP contribution in [0, 0.1) is 0 Å². The van der Waals surface area contributed by atoms with Gasteiger partial charge >= 0.3 is 0 Å². The number of unbranched alkanes of at least 4 members (excludes halogenated alkanes) is 4. The van der Waals surface area contributed by atoms with Crippen molar-refractivity contribution in [3.63, 3.8) is 0 Å². The molecule has 0 amide bonds. The molecule has 1 aliphatic rings. The monoisotopic (exact) mass is 446 g/mol. The molecule has 0 aromatic heterocycles. The molecule has 2 atom stereocenters. The maximum absolute atomic E-state index is 6.01. The third-order valence-electron chi connectivity index (χ3n) is 5.94. The largest absolute Gasteiger partial charge is 0.496 e. The number of piperidine rings is 1. The number of methoxy groups -OCH3 is 1. The van der Waals surface area contributed by atoms with E-state index in [0.29, 0.717) is 12.1 Å². The van der Waals surface area contributed by atoms with Crippen LogP contribution in [-0.2, 0) is 6.54 Å². The van der Waals surface area contributed by atoms with E-state index >= 15 is 0 Å². The third kappa shape index (κ3) is 8.03. The first-order valence-corrected chi connectivity index (χ1v) is 11.6. The first kappa shape index (κ1) is 25.5. The highest BCUT2D eigenvalue weighted by Gasteiger charge is 2.25. The molecule has 2 N–H and O–H groups in total. The number of hydrogen-bond donors (Lipinski definition) is 2. The summed E-state index contributed by atoms with van der Waals surface area (Å²) in [7, 11) is 1.74. The molecule has 31 heavy (non-hydrogen) atoms. The molecule has 0 bridgehead atoms. The summed E-state index contributed by atoms with van der Waals surface area (Å²) in [6.45, 7) is 4.87. The van der Waals surface area contributed by atoms with E-state index in [4.69, 9.17) is 9.47 Å². The number of hydrogen-bond acceptors (Lipinski definition) is 4. The lowest BCUT2D eigenvalue weighted by Gasteiger charge is -2.34. The zero-order valence-corrected chi connectivity index (χ0v) is 19.9. The zero-order chi connectivity index (χ0) is 21.0. The van der Waals surface area contributed by atoms with Gasteiger partial charge in [0.05, 0.1) is 13.7 Å². The number of benzene rings is 2. The van der Waals surface area contributed by atoms with Gasteiger partial charge in [-0.1, -0.05) is 62.9 Å². The molecular weight excluding hydrogens is 408 g/mol. The van der Waals surface area contributed by atoms with E-state index < -0.39 is 0 Å². The lowest BCUT2D eigenvalue weighted by atomic mass is 9.92. The SMILES string of the molecule is CCCCCCCOc1ccc(OC)c(CN[C@H]2CCCN[C@H]2c2ccccc2)c1.Cl. The number of ether oxygens (including phenoxy) is 2. The van der Waals surface area contributed by atoms with Crippen LogP contribution in [0.4, 0.5) is 0 Å². The highest BCUT2D eigenvalue weighted by molar-refractivity contribution is 5.85. The summed E-state index contributed by atoms with van der Waals surface area (Å²) in [5.41, 5.74) is 2.50. The first-order valence-electron chi connectivity index (χ1n) is 11.6. The van der Waals surface area contributed by atoms with Gasteiger partial charge in [-0.3, -0.25) is 0 Å². The van der Waals surface area contributed by atoms with Gasteiger partial charge in [0.2, 0.25) is 0 Å². The smallest absolute Gasteiger partial charge is 0.123 e. The minimum absolute atomic E-state index is 0. The van der Waals surface area contributed by atoms with Gasteiger partial charge in [0.15, 0.2) is 0 Å². The van der Waals surface area contributed by atoms with Crippen LogP contribution in [0.15, 0.2) is 48.5 Å². The summed E-state index contributed by atoms with van der Waals surface area (Å²) < 4.78 is 11.6. The maximum Gasteiger partial charge on any atom is 0.123 e. The molecular formula is C26H39ClN2O2. The van der Waals surface area contributed by atoms with Crippen molar-refractivity contribution >= 4 is 12.4 Å². The molecule has 4 nitrogen and oxygen atoms in total. The number of halogens is 1. The summed E-state index contributed by atoms with van der Waals surface area (Å²) in [6.07, 6.45) is 8.62. The molecule has 5 heteroatoms. The lowest BCUT2D eigenvalue weighted by molar-refractivity contribution is 0.298. The van der Waals surface area contributed by atoms with E-state index in [1.54, 1.807) is 7.11 Å². The molecule has 3 rings (SSSR count). The van der Waals surface area contributed by atoms with Crippen LogP contribution in [0.1, 0.15) is 69.0 Å². The van der Waals surface area contributed by atoms with Crippen LogP contribution in [-0.4, -0.2) is 26.3 Å². The fraction of sp³-hybridized carbons (Fsp3) is 0.538. The van der Waals surface area contributed by atoms with E-state index in [0.717, 1.165) is 43.2 Å². The highest BCUT2D eigenvalue weighted by Crippen LogP contribution is 2.27. The van der Waals surface area contributed by atoms with Crippen molar-refractivity contribution in [1.29, 1.82) is 0 Å². The Hall–Kier alpha value is -1.75. The van der Waals surface area contributed by atoms with Crippen molar-refractivity contribution in [1.82, 2.24) is 10.6 Å². The molecule has 0 radical (unpaired) electrons. The van der Waals surface area contributed by atoms with E-state index in [2.05, 4.69) is 54.0 Å². The molecule has 1 fully saturated rings. The van der Waals surface area contributed by atoms with Crippen LogP contribution < -0.4 is 20.1 Å². The van der Waals surface area contributed by atoms with Crippen molar-refractivity contribution in [2.24, 2.45) is 0 Å². The van der Waals surface area contributed by atoms with E-state index in [1.165, 1.54) is 44.1 Å². The van der Waals surface area contributed by atoms with Crippen molar-refractivity contribution < 1.29 is 9.47 Å². The minimum Gasteiger partial charge on any atom is -0.496 e. The molecule has 1 saturated heterocycles. The van der Waals surface area contributed by atoms with Crippen LogP contribution in [0.2, 0.25) is 0 Å². The average molecular weight is 447 g/mol. The van der Waals surface area contributed by atoms with Gasteiger partial charge in [-0.15, -0.1) is 12.4 Å². The Morgan fingerprint density at radius 3 is 2.61 bits per heavy atom. The summed E-state index contributed by atoms with van der Waals surface area (Å²) in [4.78, 5) is 0.